The lowest BCUT2D eigenvalue weighted by Gasteiger charge is -2.35. The third kappa shape index (κ3) is 10.2. The number of nitrogens with zero attached hydrogens (tertiary/aromatic N) is 4. The van der Waals surface area contributed by atoms with Crippen molar-refractivity contribution in [3.8, 4) is 10.4 Å². The van der Waals surface area contributed by atoms with Crippen molar-refractivity contribution < 1.29 is 24.3 Å². The SMILES string of the molecule is Cc1ncsc1-c1ccc([C@H](C)NC(=O)[C@@H]2C[C@@H](O)CN2C(=O)[C@@H](NC(=O)CCCCNC(=O)c2ccc3c(c2)nc(Nc2cccc(Cl)c2)c2ccncc23)C(C)(C)C)cc1. The zero-order valence-corrected chi connectivity index (χ0v) is 36.9. The molecule has 3 aromatic heterocycles. The molecule has 322 valence electrons. The Kier molecular flexibility index (Phi) is 13.5. The first-order valence-electron chi connectivity index (χ1n) is 20.7. The number of thiazole rings is 1. The van der Waals surface area contributed by atoms with Crippen molar-refractivity contribution in [2.24, 2.45) is 5.41 Å². The molecule has 1 aliphatic heterocycles. The summed E-state index contributed by atoms with van der Waals surface area (Å²) < 4.78 is 0. The quantitative estimate of drug-likeness (QED) is 0.0538. The standard InChI is InChI=1S/C47H51ClN8O5S/c1-27(29-12-14-30(15-13-29)41-28(2)51-26-62-41)52-45(60)39-23-34(57)25-56(39)46(61)42(47(3,4)5)55-40(58)11-6-7-19-50-44(59)31-16-17-35-37-24-49-20-18-36(37)43(54-38(35)21-31)53-33-10-8-9-32(48)22-33/h8-10,12-18,20-22,24,26-27,34,39,42,57H,6-7,11,19,23,25H2,1-5H3,(H,50,59)(H,52,60)(H,53,54)(H,55,58)/t27-,34+,39-,42+/m0/s1. The number of carbonyl (C=O) groups excluding carboxylic acids is 4. The Morgan fingerprint density at radius 2 is 1.76 bits per heavy atom. The average Bonchev–Trinajstić information content (AvgIpc) is 3.87. The molecule has 0 bridgehead atoms. The molecule has 7 rings (SSSR count). The number of halogens is 1. The van der Waals surface area contributed by atoms with E-state index in [0.29, 0.717) is 41.3 Å². The first-order valence-corrected chi connectivity index (χ1v) is 22.0. The molecule has 13 nitrogen and oxygen atoms in total. The summed E-state index contributed by atoms with van der Waals surface area (Å²) in [6, 6.07) is 20.4. The Morgan fingerprint density at radius 3 is 2.48 bits per heavy atom. The van der Waals surface area contributed by atoms with Crippen molar-refractivity contribution in [3.05, 3.63) is 113 Å². The normalized spacial score (nSPS) is 16.2. The summed E-state index contributed by atoms with van der Waals surface area (Å²) in [4.78, 5) is 70.3. The lowest BCUT2D eigenvalue weighted by molar-refractivity contribution is -0.144. The van der Waals surface area contributed by atoms with Crippen molar-refractivity contribution in [1.29, 1.82) is 0 Å². The van der Waals surface area contributed by atoms with Gasteiger partial charge in [-0.1, -0.05) is 68.8 Å². The van der Waals surface area contributed by atoms with Crippen LogP contribution >= 0.6 is 22.9 Å². The molecule has 0 spiro atoms. The number of carbonyl (C=O) groups is 4. The van der Waals surface area contributed by atoms with E-state index in [4.69, 9.17) is 16.6 Å². The molecule has 6 aromatic rings. The van der Waals surface area contributed by atoms with E-state index in [2.05, 4.69) is 31.2 Å². The van der Waals surface area contributed by atoms with Crippen molar-refractivity contribution in [1.82, 2.24) is 35.8 Å². The minimum atomic E-state index is -0.939. The molecule has 4 atom stereocenters. The van der Waals surface area contributed by atoms with E-state index in [9.17, 15) is 24.3 Å². The summed E-state index contributed by atoms with van der Waals surface area (Å²) in [6.07, 6.45) is 3.81. The maximum absolute atomic E-state index is 14.1. The number of unbranched alkanes of at least 4 members (excludes halogenated alkanes) is 1. The third-order valence-corrected chi connectivity index (χ3v) is 12.3. The van der Waals surface area contributed by atoms with Crippen LogP contribution in [0.4, 0.5) is 11.5 Å². The average molecular weight is 875 g/mol. The van der Waals surface area contributed by atoms with Gasteiger partial charge in [0.2, 0.25) is 17.7 Å². The number of aromatic nitrogens is 3. The number of aliphatic hydroxyl groups excluding tert-OH is 1. The number of aliphatic hydroxyl groups is 1. The predicted molar refractivity (Wildman–Crippen MR) is 244 cm³/mol. The first kappa shape index (κ1) is 44.1. The van der Waals surface area contributed by atoms with E-state index in [1.165, 1.54) is 4.90 Å². The highest BCUT2D eigenvalue weighted by Gasteiger charge is 2.44. The molecule has 4 heterocycles. The largest absolute Gasteiger partial charge is 0.391 e. The molecule has 0 saturated carbocycles. The Hall–Kier alpha value is -5.96. The van der Waals surface area contributed by atoms with Crippen molar-refractivity contribution in [2.45, 2.75) is 84.5 Å². The van der Waals surface area contributed by atoms with Gasteiger partial charge in [0.1, 0.15) is 17.9 Å². The van der Waals surface area contributed by atoms with Crippen LogP contribution in [0.1, 0.15) is 81.0 Å². The van der Waals surface area contributed by atoms with Crippen LogP contribution in [-0.4, -0.2) is 79.9 Å². The summed E-state index contributed by atoms with van der Waals surface area (Å²) >= 11 is 7.79. The molecular weight excluding hydrogens is 824 g/mol. The zero-order chi connectivity index (χ0) is 44.1. The van der Waals surface area contributed by atoms with Crippen LogP contribution < -0.4 is 21.3 Å². The van der Waals surface area contributed by atoms with Gasteiger partial charge in [-0.2, -0.15) is 0 Å². The summed E-state index contributed by atoms with van der Waals surface area (Å²) in [7, 11) is 0. The second kappa shape index (κ2) is 19.0. The number of hydrogen-bond acceptors (Lipinski definition) is 10. The topological polar surface area (TPSA) is 179 Å². The molecule has 1 saturated heterocycles. The fourth-order valence-electron chi connectivity index (χ4n) is 7.75. The highest BCUT2D eigenvalue weighted by molar-refractivity contribution is 7.13. The Bertz CT molecular complexity index is 2610. The van der Waals surface area contributed by atoms with E-state index in [1.54, 1.807) is 41.9 Å². The van der Waals surface area contributed by atoms with E-state index >= 15 is 0 Å². The van der Waals surface area contributed by atoms with Gasteiger partial charge in [0, 0.05) is 70.8 Å². The van der Waals surface area contributed by atoms with Crippen LogP contribution in [0.15, 0.2) is 90.7 Å². The maximum atomic E-state index is 14.1. The van der Waals surface area contributed by atoms with E-state index in [1.807, 2.05) is 94.7 Å². The number of aryl methyl sites for hydroxylation is 1. The number of rotatable bonds is 14. The number of anilines is 2. The van der Waals surface area contributed by atoms with Crippen molar-refractivity contribution >= 4 is 79.7 Å². The Balaban J connectivity index is 0.918. The molecular formula is C47H51ClN8O5S. The number of amides is 4. The van der Waals surface area contributed by atoms with Gasteiger partial charge < -0.3 is 31.3 Å². The van der Waals surface area contributed by atoms with Crippen LogP contribution in [0, 0.1) is 12.3 Å². The second-order valence-corrected chi connectivity index (χ2v) is 18.1. The van der Waals surface area contributed by atoms with Gasteiger partial charge in [-0.05, 0) is 79.6 Å². The smallest absolute Gasteiger partial charge is 0.251 e. The molecule has 0 radical (unpaired) electrons. The monoisotopic (exact) mass is 874 g/mol. The zero-order valence-electron chi connectivity index (χ0n) is 35.4. The number of nitrogens with one attached hydrogen (secondary N) is 4. The molecule has 62 heavy (non-hydrogen) atoms. The van der Waals surface area contributed by atoms with Crippen LogP contribution in [0.25, 0.3) is 32.1 Å². The molecule has 0 aliphatic carbocycles. The van der Waals surface area contributed by atoms with Crippen LogP contribution in [0.3, 0.4) is 0 Å². The molecule has 1 fully saturated rings. The van der Waals surface area contributed by atoms with Crippen LogP contribution in [0.5, 0.6) is 0 Å². The van der Waals surface area contributed by atoms with Gasteiger partial charge in [0.15, 0.2) is 0 Å². The van der Waals surface area contributed by atoms with E-state index < -0.39 is 29.5 Å². The molecule has 3 aromatic carbocycles. The summed E-state index contributed by atoms with van der Waals surface area (Å²) in [5, 5.41) is 26.1. The molecule has 15 heteroatoms. The summed E-state index contributed by atoms with van der Waals surface area (Å²) in [5.41, 5.74) is 5.87. The molecule has 1 aliphatic rings. The van der Waals surface area contributed by atoms with E-state index in [0.717, 1.165) is 43.5 Å². The fraction of sp³-hybridized carbons (Fsp3) is 0.340. The van der Waals surface area contributed by atoms with Gasteiger partial charge >= 0.3 is 0 Å². The lowest BCUT2D eigenvalue weighted by atomic mass is 9.85. The fourth-order valence-corrected chi connectivity index (χ4v) is 8.75. The molecule has 5 N–H and O–H groups in total. The van der Waals surface area contributed by atoms with Gasteiger partial charge in [-0.3, -0.25) is 24.2 Å². The number of pyridine rings is 2. The van der Waals surface area contributed by atoms with Crippen LogP contribution in [0.2, 0.25) is 5.02 Å². The Labute approximate surface area is 369 Å². The number of likely N-dealkylation sites (tertiary alicyclic amines) is 1. The summed E-state index contributed by atoms with van der Waals surface area (Å²) in [6.45, 7) is 9.72. The van der Waals surface area contributed by atoms with Crippen molar-refractivity contribution in [2.75, 3.05) is 18.4 Å². The molecule has 4 amide bonds. The predicted octanol–water partition coefficient (Wildman–Crippen LogP) is 7.88. The lowest BCUT2D eigenvalue weighted by Crippen LogP contribution is -2.57. The third-order valence-electron chi connectivity index (χ3n) is 11.1. The summed E-state index contributed by atoms with van der Waals surface area (Å²) in [5.74, 6) is -0.772. The number of fused-ring (bicyclic) bond motifs is 3. The maximum Gasteiger partial charge on any atom is 0.251 e. The first-order chi connectivity index (χ1) is 29.7. The highest BCUT2D eigenvalue weighted by atomic mass is 35.5. The van der Waals surface area contributed by atoms with E-state index in [-0.39, 0.29) is 43.1 Å². The number of benzene rings is 3. The highest BCUT2D eigenvalue weighted by Crippen LogP contribution is 2.33. The van der Waals surface area contributed by atoms with Gasteiger partial charge in [0.05, 0.1) is 33.7 Å². The van der Waals surface area contributed by atoms with Crippen molar-refractivity contribution in [3.63, 3.8) is 0 Å². The van der Waals surface area contributed by atoms with Crippen LogP contribution in [-0.2, 0) is 14.4 Å². The van der Waals surface area contributed by atoms with Gasteiger partial charge in [0.25, 0.3) is 5.91 Å². The van der Waals surface area contributed by atoms with Gasteiger partial charge in [-0.25, -0.2) is 9.97 Å². The second-order valence-electron chi connectivity index (χ2n) is 16.8. The molecule has 0 unspecified atom stereocenters. The van der Waals surface area contributed by atoms with Gasteiger partial charge in [-0.15, -0.1) is 11.3 Å². The Morgan fingerprint density at radius 1 is 0.968 bits per heavy atom. The number of hydrogen-bond donors (Lipinski definition) is 5. The minimum Gasteiger partial charge on any atom is -0.391 e. The number of β-amino-alcohol motifs (C(OH)–C–C–N with tert-alkyl or cyclic N) is 1. The minimum absolute atomic E-state index is 0.0154.